The van der Waals surface area contributed by atoms with Gasteiger partial charge in [0.05, 0.1) is 20.8 Å². The van der Waals surface area contributed by atoms with Crippen molar-refractivity contribution in [2.45, 2.75) is 19.1 Å². The minimum atomic E-state index is -0.458. The molecule has 5 rings (SSSR count). The Labute approximate surface area is 214 Å². The molecule has 2 amide bonds. The number of nitrogens with one attached hydrogen (secondary N) is 2. The van der Waals surface area contributed by atoms with Crippen molar-refractivity contribution in [3.8, 4) is 28.4 Å². The highest BCUT2D eigenvalue weighted by Crippen LogP contribution is 2.34. The van der Waals surface area contributed by atoms with Crippen LogP contribution in [0.25, 0.3) is 11.1 Å². The van der Waals surface area contributed by atoms with Gasteiger partial charge in [-0.05, 0) is 60.5 Å². The number of amides is 2. The molecule has 37 heavy (non-hydrogen) atoms. The predicted octanol–water partition coefficient (Wildman–Crippen LogP) is 3.60. The molecule has 2 aliphatic rings. The molecule has 2 aliphatic heterocycles. The Bertz CT molecular complexity index is 1310. The lowest BCUT2D eigenvalue weighted by Crippen LogP contribution is -2.29. The van der Waals surface area contributed by atoms with Crippen LogP contribution in [0, 0.1) is 0 Å². The third kappa shape index (κ3) is 5.44. The molecule has 0 spiro atoms. The standard InChI is InChI=1S/C27H28N4O6/c1-34-19-6-7-22(35-2)21(13-19)18-5-3-4-17(12-18)14-28-11-10-20-15-31(27(33)37-20)24-9-8-23-26(29-24)30-25(32)16-36-23/h3-9,12-13,20,28H,10-11,14-16H2,1-2H3,(H,29,30,32)/t20-/m0/s1. The largest absolute Gasteiger partial charge is 0.497 e. The van der Waals surface area contributed by atoms with Crippen molar-refractivity contribution >= 4 is 23.6 Å². The third-order valence-corrected chi connectivity index (χ3v) is 6.23. The molecule has 0 aliphatic carbocycles. The minimum Gasteiger partial charge on any atom is -0.497 e. The summed E-state index contributed by atoms with van der Waals surface area (Å²) in [5.74, 6) is 2.46. The summed E-state index contributed by atoms with van der Waals surface area (Å²) in [6.07, 6.45) is -0.0762. The van der Waals surface area contributed by atoms with Crippen LogP contribution in [-0.4, -0.2) is 57.0 Å². The molecule has 1 saturated heterocycles. The van der Waals surface area contributed by atoms with Crippen molar-refractivity contribution in [2.24, 2.45) is 0 Å². The van der Waals surface area contributed by atoms with Crippen molar-refractivity contribution in [1.29, 1.82) is 0 Å². The van der Waals surface area contributed by atoms with Gasteiger partial charge in [-0.2, -0.15) is 0 Å². The first-order valence-corrected chi connectivity index (χ1v) is 12.0. The lowest BCUT2D eigenvalue weighted by molar-refractivity contribution is -0.118. The summed E-state index contributed by atoms with van der Waals surface area (Å²) in [6, 6.07) is 17.3. The number of rotatable bonds is 9. The van der Waals surface area contributed by atoms with Crippen LogP contribution < -0.4 is 29.7 Å². The maximum atomic E-state index is 12.4. The van der Waals surface area contributed by atoms with E-state index in [0.29, 0.717) is 43.4 Å². The molecule has 2 aromatic carbocycles. The van der Waals surface area contributed by atoms with Crippen LogP contribution in [0.4, 0.5) is 16.4 Å². The second-order valence-electron chi connectivity index (χ2n) is 8.70. The molecule has 0 radical (unpaired) electrons. The van der Waals surface area contributed by atoms with Gasteiger partial charge < -0.3 is 29.6 Å². The first-order valence-electron chi connectivity index (χ1n) is 12.0. The van der Waals surface area contributed by atoms with Crippen molar-refractivity contribution in [3.63, 3.8) is 0 Å². The quantitative estimate of drug-likeness (QED) is 0.425. The van der Waals surface area contributed by atoms with Crippen molar-refractivity contribution < 1.29 is 28.5 Å². The molecular weight excluding hydrogens is 476 g/mol. The number of hydrogen-bond acceptors (Lipinski definition) is 8. The summed E-state index contributed by atoms with van der Waals surface area (Å²) in [7, 11) is 3.30. The number of benzene rings is 2. The van der Waals surface area contributed by atoms with E-state index in [1.54, 1.807) is 26.4 Å². The van der Waals surface area contributed by atoms with E-state index in [0.717, 1.165) is 28.2 Å². The van der Waals surface area contributed by atoms with Gasteiger partial charge in [0.1, 0.15) is 23.4 Å². The van der Waals surface area contributed by atoms with E-state index in [-0.39, 0.29) is 18.6 Å². The minimum absolute atomic E-state index is 0.0473. The molecule has 0 saturated carbocycles. The van der Waals surface area contributed by atoms with Crippen molar-refractivity contribution in [1.82, 2.24) is 10.3 Å². The number of cyclic esters (lactones) is 1. The lowest BCUT2D eigenvalue weighted by Gasteiger charge is -2.19. The Morgan fingerprint density at radius 1 is 1.11 bits per heavy atom. The number of fused-ring (bicyclic) bond motifs is 1. The van der Waals surface area contributed by atoms with E-state index in [1.165, 1.54) is 4.90 Å². The lowest BCUT2D eigenvalue weighted by atomic mass is 10.0. The van der Waals surface area contributed by atoms with Crippen LogP contribution >= 0.6 is 0 Å². The van der Waals surface area contributed by atoms with E-state index in [9.17, 15) is 9.59 Å². The highest BCUT2D eigenvalue weighted by Gasteiger charge is 2.33. The summed E-state index contributed by atoms with van der Waals surface area (Å²) >= 11 is 0. The number of nitrogens with zero attached hydrogens (tertiary/aromatic N) is 2. The van der Waals surface area contributed by atoms with Gasteiger partial charge in [0.2, 0.25) is 0 Å². The average Bonchev–Trinajstić information content (AvgIpc) is 3.30. The Balaban J connectivity index is 1.15. The van der Waals surface area contributed by atoms with Crippen molar-refractivity contribution in [3.05, 3.63) is 60.2 Å². The zero-order chi connectivity index (χ0) is 25.8. The van der Waals surface area contributed by atoms with Gasteiger partial charge in [0, 0.05) is 12.1 Å². The third-order valence-electron chi connectivity index (χ3n) is 6.23. The molecule has 1 fully saturated rings. The predicted molar refractivity (Wildman–Crippen MR) is 137 cm³/mol. The fourth-order valence-electron chi connectivity index (χ4n) is 4.35. The highest BCUT2D eigenvalue weighted by atomic mass is 16.6. The van der Waals surface area contributed by atoms with Crippen LogP contribution in [0.5, 0.6) is 17.2 Å². The van der Waals surface area contributed by atoms with Gasteiger partial charge >= 0.3 is 6.09 Å². The molecule has 0 unspecified atom stereocenters. The second kappa shape index (κ2) is 10.8. The molecule has 1 aromatic heterocycles. The zero-order valence-electron chi connectivity index (χ0n) is 20.7. The molecule has 3 aromatic rings. The molecular formula is C27H28N4O6. The maximum Gasteiger partial charge on any atom is 0.415 e. The van der Waals surface area contributed by atoms with Crippen LogP contribution in [0.1, 0.15) is 12.0 Å². The molecule has 10 heteroatoms. The highest BCUT2D eigenvalue weighted by molar-refractivity contribution is 5.95. The van der Waals surface area contributed by atoms with Crippen LogP contribution in [0.2, 0.25) is 0 Å². The number of anilines is 2. The fourth-order valence-corrected chi connectivity index (χ4v) is 4.35. The Morgan fingerprint density at radius 2 is 2.00 bits per heavy atom. The summed E-state index contributed by atoms with van der Waals surface area (Å²) in [5.41, 5.74) is 3.12. The van der Waals surface area contributed by atoms with Crippen LogP contribution in [0.3, 0.4) is 0 Å². The van der Waals surface area contributed by atoms with Crippen LogP contribution in [0.15, 0.2) is 54.6 Å². The summed E-state index contributed by atoms with van der Waals surface area (Å²) < 4.78 is 21.8. The molecule has 192 valence electrons. The smallest absolute Gasteiger partial charge is 0.415 e. The summed E-state index contributed by atoms with van der Waals surface area (Å²) in [5, 5.41) is 6.08. The number of methoxy groups -OCH3 is 2. The maximum absolute atomic E-state index is 12.4. The molecule has 0 bridgehead atoms. The number of carbonyl (C=O) groups is 2. The van der Waals surface area contributed by atoms with Gasteiger partial charge in [-0.25, -0.2) is 9.78 Å². The van der Waals surface area contributed by atoms with Gasteiger partial charge in [0.15, 0.2) is 18.2 Å². The topological polar surface area (TPSA) is 111 Å². The summed E-state index contributed by atoms with van der Waals surface area (Å²) in [6.45, 7) is 1.66. The Kier molecular flexibility index (Phi) is 7.09. The fraction of sp³-hybridized carbons (Fsp3) is 0.296. The van der Waals surface area contributed by atoms with Gasteiger partial charge in [-0.1, -0.05) is 18.2 Å². The number of pyridine rings is 1. The first-order chi connectivity index (χ1) is 18.0. The molecule has 10 nitrogen and oxygen atoms in total. The first kappa shape index (κ1) is 24.4. The monoisotopic (exact) mass is 504 g/mol. The van der Waals surface area contributed by atoms with Crippen molar-refractivity contribution in [2.75, 3.05) is 44.1 Å². The van der Waals surface area contributed by atoms with E-state index in [1.807, 2.05) is 30.3 Å². The van der Waals surface area contributed by atoms with Gasteiger partial charge in [0.25, 0.3) is 5.91 Å². The van der Waals surface area contributed by atoms with E-state index < -0.39 is 6.09 Å². The Hall–Kier alpha value is -4.31. The van der Waals surface area contributed by atoms with Crippen LogP contribution in [-0.2, 0) is 16.1 Å². The second-order valence-corrected chi connectivity index (χ2v) is 8.70. The number of hydrogen-bond donors (Lipinski definition) is 2. The summed E-state index contributed by atoms with van der Waals surface area (Å²) in [4.78, 5) is 29.8. The number of carbonyl (C=O) groups excluding carboxylic acids is 2. The van der Waals surface area contributed by atoms with Gasteiger partial charge in [-0.15, -0.1) is 0 Å². The van der Waals surface area contributed by atoms with Gasteiger partial charge in [-0.3, -0.25) is 9.69 Å². The molecule has 3 heterocycles. The molecule has 1 atom stereocenters. The number of aromatic nitrogens is 1. The molecule has 2 N–H and O–H groups in total. The van der Waals surface area contributed by atoms with E-state index >= 15 is 0 Å². The average molecular weight is 505 g/mol. The Morgan fingerprint density at radius 3 is 2.84 bits per heavy atom. The van der Waals surface area contributed by atoms with E-state index in [2.05, 4.69) is 27.8 Å². The SMILES string of the molecule is COc1ccc(OC)c(-c2cccc(CNCC[C@H]3CN(c4ccc5c(n4)NC(=O)CO5)C(=O)O3)c2)c1. The zero-order valence-corrected chi connectivity index (χ0v) is 20.7. The number of ether oxygens (including phenoxy) is 4. The normalized spacial score (nSPS) is 16.5. The van der Waals surface area contributed by atoms with E-state index in [4.69, 9.17) is 18.9 Å².